The standard InChI is InChI=1S/C20H22F2N4O4S/c1-19(2)18(23)26-20(3,10-31(19,28)29)15-12(21)6-8-13(16(15)22)25-17(27)14-7-5-11(30-4)9-24-14/h5-9H,10H2,1-4H3,(H2,23,26)(H,25,27)/t20-/m0/s1. The molecule has 1 aromatic heterocycles. The highest BCUT2D eigenvalue weighted by Gasteiger charge is 2.52. The molecule has 166 valence electrons. The first-order valence-corrected chi connectivity index (χ1v) is 10.9. The third-order valence-electron chi connectivity index (χ3n) is 5.35. The number of methoxy groups -OCH3 is 1. The number of aromatic nitrogens is 1. The molecule has 8 nitrogen and oxygen atoms in total. The molecule has 1 aromatic carbocycles. The molecule has 0 aliphatic carbocycles. The molecule has 1 saturated heterocycles. The summed E-state index contributed by atoms with van der Waals surface area (Å²) in [6.07, 6.45) is 1.31. The lowest BCUT2D eigenvalue weighted by Gasteiger charge is -2.43. The number of anilines is 1. The summed E-state index contributed by atoms with van der Waals surface area (Å²) in [4.78, 5) is 16.3. The highest BCUT2D eigenvalue weighted by Crippen LogP contribution is 2.38. The topological polar surface area (TPSA) is 121 Å². The summed E-state index contributed by atoms with van der Waals surface area (Å²) >= 11 is 0. The summed E-state index contributed by atoms with van der Waals surface area (Å²) in [6, 6.07) is 4.83. The molecule has 0 saturated carbocycles. The molecule has 0 radical (unpaired) electrons. The number of nitrogens with one attached hydrogen (secondary N) is 3. The summed E-state index contributed by atoms with van der Waals surface area (Å²) in [7, 11) is -2.48. The van der Waals surface area contributed by atoms with Crippen molar-refractivity contribution < 1.29 is 26.7 Å². The van der Waals surface area contributed by atoms with E-state index in [9.17, 15) is 17.6 Å². The Balaban J connectivity index is 1.99. The molecule has 1 atom stereocenters. The molecule has 1 amide bonds. The summed E-state index contributed by atoms with van der Waals surface area (Å²) in [5.41, 5.74) is -2.72. The van der Waals surface area contributed by atoms with Crippen molar-refractivity contribution in [2.75, 3.05) is 18.2 Å². The minimum atomic E-state index is -3.91. The van der Waals surface area contributed by atoms with E-state index in [0.29, 0.717) is 5.75 Å². The number of rotatable bonds is 4. The maximum Gasteiger partial charge on any atom is 0.274 e. The van der Waals surface area contributed by atoms with E-state index in [2.05, 4.69) is 15.6 Å². The first-order chi connectivity index (χ1) is 14.3. The third-order valence-corrected chi connectivity index (χ3v) is 8.07. The predicted molar refractivity (Wildman–Crippen MR) is 111 cm³/mol. The van der Waals surface area contributed by atoms with Crippen LogP contribution in [-0.2, 0) is 15.4 Å². The Kier molecular flexibility index (Phi) is 5.51. The number of amides is 1. The molecule has 2 aromatic rings. The Morgan fingerprint density at radius 2 is 1.90 bits per heavy atom. The zero-order chi connectivity index (χ0) is 23.2. The van der Waals surface area contributed by atoms with Crippen LogP contribution in [-0.4, -0.2) is 42.8 Å². The van der Waals surface area contributed by atoms with Crippen LogP contribution < -0.4 is 15.4 Å². The molecule has 1 aliphatic heterocycles. The number of halogens is 2. The van der Waals surface area contributed by atoms with Crippen LogP contribution in [0.15, 0.2) is 30.5 Å². The highest BCUT2D eigenvalue weighted by molar-refractivity contribution is 7.93. The van der Waals surface area contributed by atoms with Gasteiger partial charge in [-0.05, 0) is 45.0 Å². The maximum atomic E-state index is 15.3. The molecule has 11 heteroatoms. The van der Waals surface area contributed by atoms with Crippen LogP contribution >= 0.6 is 0 Å². The highest BCUT2D eigenvalue weighted by atomic mass is 32.2. The zero-order valence-electron chi connectivity index (χ0n) is 17.3. The van der Waals surface area contributed by atoms with Gasteiger partial charge in [0.05, 0.1) is 35.8 Å². The van der Waals surface area contributed by atoms with Crippen LogP contribution in [0.1, 0.15) is 36.8 Å². The van der Waals surface area contributed by atoms with Crippen molar-refractivity contribution in [3.05, 3.63) is 53.4 Å². The molecule has 0 bridgehead atoms. The summed E-state index contributed by atoms with van der Waals surface area (Å²) in [5.74, 6) is -3.48. The van der Waals surface area contributed by atoms with Crippen molar-refractivity contribution in [1.82, 2.24) is 10.3 Å². The first-order valence-electron chi connectivity index (χ1n) is 9.22. The largest absolute Gasteiger partial charge is 0.495 e. The van der Waals surface area contributed by atoms with Crippen LogP contribution in [0.4, 0.5) is 14.5 Å². The van der Waals surface area contributed by atoms with Gasteiger partial charge >= 0.3 is 0 Å². The molecule has 1 aliphatic rings. The maximum absolute atomic E-state index is 15.3. The lowest BCUT2D eigenvalue weighted by atomic mass is 9.90. The Bertz CT molecular complexity index is 1170. The average Bonchev–Trinajstić information content (AvgIpc) is 2.68. The van der Waals surface area contributed by atoms with E-state index >= 15 is 4.39 Å². The molecule has 2 heterocycles. The molecular weight excluding hydrogens is 430 g/mol. The molecule has 0 unspecified atom stereocenters. The third kappa shape index (κ3) is 3.85. The molecule has 31 heavy (non-hydrogen) atoms. The molecule has 0 spiro atoms. The van der Waals surface area contributed by atoms with Gasteiger partial charge < -0.3 is 15.4 Å². The Morgan fingerprint density at radius 3 is 2.45 bits per heavy atom. The monoisotopic (exact) mass is 452 g/mol. The van der Waals surface area contributed by atoms with Gasteiger partial charge in [0, 0.05) is 0 Å². The number of benzene rings is 1. The fourth-order valence-electron chi connectivity index (χ4n) is 3.29. The second-order valence-corrected chi connectivity index (χ2v) is 10.5. The first kappa shape index (κ1) is 22.6. The quantitative estimate of drug-likeness (QED) is 0.656. The summed E-state index contributed by atoms with van der Waals surface area (Å²) < 4.78 is 58.9. The number of hydrogen-bond donors (Lipinski definition) is 3. The van der Waals surface area contributed by atoms with Crippen LogP contribution in [0.3, 0.4) is 0 Å². The fourth-order valence-corrected chi connectivity index (χ4v) is 4.99. The van der Waals surface area contributed by atoms with E-state index in [4.69, 9.17) is 10.1 Å². The lowest BCUT2D eigenvalue weighted by molar-refractivity contribution is 0.102. The SMILES string of the molecule is COc1ccc(C(=O)Nc2ccc(F)c([C@]3(C)CS(=O)(=O)C(C)(C)C(=N)N3)c2F)nc1. The Hall–Kier alpha value is -3.08. The zero-order valence-corrected chi connectivity index (χ0v) is 18.2. The molecule has 1 fully saturated rings. The van der Waals surface area contributed by atoms with E-state index in [1.54, 1.807) is 0 Å². The van der Waals surface area contributed by atoms with Gasteiger partial charge in [0.15, 0.2) is 15.7 Å². The lowest BCUT2D eigenvalue weighted by Crippen LogP contribution is -2.64. The van der Waals surface area contributed by atoms with Gasteiger partial charge in [-0.3, -0.25) is 10.2 Å². The smallest absolute Gasteiger partial charge is 0.274 e. The molecule has 3 rings (SSSR count). The van der Waals surface area contributed by atoms with Gasteiger partial charge in [-0.2, -0.15) is 0 Å². The van der Waals surface area contributed by atoms with Crippen LogP contribution in [0.2, 0.25) is 0 Å². The van der Waals surface area contributed by atoms with E-state index in [1.165, 1.54) is 46.2 Å². The number of hydrogen-bond acceptors (Lipinski definition) is 6. The summed E-state index contributed by atoms with van der Waals surface area (Å²) in [5, 5.41) is 13.0. The Morgan fingerprint density at radius 1 is 1.23 bits per heavy atom. The van der Waals surface area contributed by atoms with E-state index < -0.39 is 49.0 Å². The number of amidine groups is 1. The molecule has 3 N–H and O–H groups in total. The van der Waals surface area contributed by atoms with Gasteiger partial charge in [-0.25, -0.2) is 22.2 Å². The van der Waals surface area contributed by atoms with E-state index in [-0.39, 0.29) is 17.2 Å². The summed E-state index contributed by atoms with van der Waals surface area (Å²) in [6.45, 7) is 4.00. The van der Waals surface area contributed by atoms with Crippen molar-refractivity contribution >= 4 is 27.3 Å². The minimum absolute atomic E-state index is 0.0285. The number of pyridine rings is 1. The van der Waals surface area contributed by atoms with Gasteiger partial charge in [0.1, 0.15) is 27.8 Å². The van der Waals surface area contributed by atoms with Crippen molar-refractivity contribution in [3.63, 3.8) is 0 Å². The van der Waals surface area contributed by atoms with Crippen molar-refractivity contribution in [3.8, 4) is 5.75 Å². The number of carbonyl (C=O) groups excluding carboxylic acids is 1. The Labute approximate surface area is 178 Å². The second kappa shape index (κ2) is 7.56. The van der Waals surface area contributed by atoms with Crippen molar-refractivity contribution in [1.29, 1.82) is 5.41 Å². The number of carbonyl (C=O) groups is 1. The molecular formula is C20H22F2N4O4S. The van der Waals surface area contributed by atoms with Gasteiger partial charge in [-0.1, -0.05) is 0 Å². The van der Waals surface area contributed by atoms with Gasteiger partial charge in [-0.15, -0.1) is 0 Å². The van der Waals surface area contributed by atoms with E-state index in [0.717, 1.165) is 12.1 Å². The van der Waals surface area contributed by atoms with E-state index in [1.807, 2.05) is 0 Å². The number of nitrogens with zero attached hydrogens (tertiary/aromatic N) is 1. The van der Waals surface area contributed by atoms with Gasteiger partial charge in [0.2, 0.25) is 0 Å². The second-order valence-electron chi connectivity index (χ2n) is 7.92. The van der Waals surface area contributed by atoms with Crippen molar-refractivity contribution in [2.24, 2.45) is 0 Å². The average molecular weight is 452 g/mol. The van der Waals surface area contributed by atoms with Crippen molar-refractivity contribution in [2.45, 2.75) is 31.1 Å². The van der Waals surface area contributed by atoms with Crippen LogP contribution in [0, 0.1) is 17.0 Å². The predicted octanol–water partition coefficient (Wildman–Crippen LogP) is 2.61. The number of sulfone groups is 1. The normalized spacial score (nSPS) is 21.8. The van der Waals surface area contributed by atoms with Crippen LogP contribution in [0.25, 0.3) is 0 Å². The van der Waals surface area contributed by atoms with Gasteiger partial charge in [0.25, 0.3) is 5.91 Å². The fraction of sp³-hybridized carbons (Fsp3) is 0.350. The van der Waals surface area contributed by atoms with Crippen LogP contribution in [0.5, 0.6) is 5.75 Å². The number of ether oxygens (including phenoxy) is 1. The minimum Gasteiger partial charge on any atom is -0.495 e.